The molecule has 3 heterocycles. The van der Waals surface area contributed by atoms with E-state index in [-0.39, 0.29) is 29.4 Å². The highest BCUT2D eigenvalue weighted by Gasteiger charge is 2.50. The summed E-state index contributed by atoms with van der Waals surface area (Å²) in [6.45, 7) is 6.17. The Hall–Kier alpha value is -2.15. The lowest BCUT2D eigenvalue weighted by molar-refractivity contribution is -0.139. The van der Waals surface area contributed by atoms with E-state index in [1.54, 1.807) is 6.20 Å². The van der Waals surface area contributed by atoms with Crippen molar-refractivity contribution in [2.24, 2.45) is 11.3 Å². The number of anilines is 2. The quantitative estimate of drug-likeness (QED) is 0.791. The van der Waals surface area contributed by atoms with Gasteiger partial charge < -0.3 is 20.2 Å². The van der Waals surface area contributed by atoms with E-state index in [2.05, 4.69) is 20.1 Å². The zero-order chi connectivity index (χ0) is 21.3. The van der Waals surface area contributed by atoms with Crippen LogP contribution in [0.3, 0.4) is 0 Å². The van der Waals surface area contributed by atoms with Crippen molar-refractivity contribution in [2.75, 3.05) is 29.9 Å². The second-order valence-electron chi connectivity index (χ2n) is 9.57. The van der Waals surface area contributed by atoms with Crippen molar-refractivity contribution in [3.8, 4) is 0 Å². The summed E-state index contributed by atoms with van der Waals surface area (Å²) in [6.07, 6.45) is 7.77. The van der Waals surface area contributed by atoms with Gasteiger partial charge in [-0.3, -0.25) is 9.59 Å². The minimum Gasteiger partial charge on any atom is -0.393 e. The third kappa shape index (κ3) is 4.17. The van der Waals surface area contributed by atoms with Gasteiger partial charge in [0.25, 0.3) is 0 Å². The van der Waals surface area contributed by atoms with Crippen LogP contribution >= 0.6 is 0 Å². The maximum atomic E-state index is 13.4. The van der Waals surface area contributed by atoms with Gasteiger partial charge in [0.1, 0.15) is 5.82 Å². The number of nitrogens with zero attached hydrogens (tertiary/aromatic N) is 3. The molecule has 7 nitrogen and oxygen atoms in total. The van der Waals surface area contributed by atoms with Crippen LogP contribution in [0.4, 0.5) is 11.5 Å². The maximum absolute atomic E-state index is 13.4. The molecule has 0 aromatic carbocycles. The Morgan fingerprint density at radius 3 is 2.63 bits per heavy atom. The van der Waals surface area contributed by atoms with Gasteiger partial charge in [0.15, 0.2) is 0 Å². The van der Waals surface area contributed by atoms with Crippen molar-refractivity contribution >= 4 is 23.3 Å². The van der Waals surface area contributed by atoms with E-state index in [0.29, 0.717) is 18.1 Å². The average Bonchev–Trinajstić information content (AvgIpc) is 3.04. The molecule has 1 aromatic heterocycles. The minimum absolute atomic E-state index is 0.0200. The van der Waals surface area contributed by atoms with Crippen molar-refractivity contribution < 1.29 is 14.7 Å². The smallest absolute Gasteiger partial charge is 0.230 e. The molecule has 2 saturated heterocycles. The summed E-state index contributed by atoms with van der Waals surface area (Å²) >= 11 is 0. The molecule has 3 fully saturated rings. The summed E-state index contributed by atoms with van der Waals surface area (Å²) in [5, 5.41) is 12.7. The molecule has 1 atom stereocenters. The molecule has 4 rings (SSSR count). The standard InChI is InChI=1S/C23H34N4O3/c1-16(2)21(29)25-17-4-9-20(24-14-17)26-12-3-10-23(15-26)11-13-27(22(23)30)18-5-7-19(28)8-6-18/h4,9,14,16,18-19,28H,3,5-8,10-13,15H2,1-2H3,(H,25,29)/t18-,19-,23-/m1/s1. The molecule has 2 aliphatic heterocycles. The fourth-order valence-electron chi connectivity index (χ4n) is 5.21. The summed E-state index contributed by atoms with van der Waals surface area (Å²) in [7, 11) is 0. The van der Waals surface area contributed by atoms with E-state index in [9.17, 15) is 14.7 Å². The highest BCUT2D eigenvalue weighted by molar-refractivity contribution is 5.92. The first-order chi connectivity index (χ1) is 14.4. The Labute approximate surface area is 178 Å². The van der Waals surface area contributed by atoms with Crippen LogP contribution in [-0.4, -0.2) is 58.6 Å². The van der Waals surface area contributed by atoms with E-state index in [0.717, 1.165) is 63.9 Å². The zero-order valence-electron chi connectivity index (χ0n) is 18.1. The number of rotatable bonds is 4. The van der Waals surface area contributed by atoms with Crippen LogP contribution < -0.4 is 10.2 Å². The van der Waals surface area contributed by atoms with Crippen LogP contribution in [0.1, 0.15) is 58.8 Å². The number of carbonyl (C=O) groups is 2. The van der Waals surface area contributed by atoms with E-state index in [1.165, 1.54) is 0 Å². The first-order valence-corrected chi connectivity index (χ1v) is 11.4. The number of hydrogen-bond acceptors (Lipinski definition) is 5. The number of nitrogens with one attached hydrogen (secondary N) is 1. The van der Waals surface area contributed by atoms with Crippen molar-refractivity contribution in [3.63, 3.8) is 0 Å². The molecule has 0 bridgehead atoms. The minimum atomic E-state index is -0.305. The van der Waals surface area contributed by atoms with Crippen LogP contribution in [0.25, 0.3) is 0 Å². The molecule has 1 spiro atoms. The summed E-state index contributed by atoms with van der Waals surface area (Å²) in [5.41, 5.74) is 0.396. The maximum Gasteiger partial charge on any atom is 0.230 e. The van der Waals surface area contributed by atoms with Gasteiger partial charge in [-0.2, -0.15) is 0 Å². The average molecular weight is 415 g/mol. The molecular weight excluding hydrogens is 380 g/mol. The zero-order valence-corrected chi connectivity index (χ0v) is 18.1. The Morgan fingerprint density at radius 2 is 1.97 bits per heavy atom. The van der Waals surface area contributed by atoms with E-state index >= 15 is 0 Å². The number of likely N-dealkylation sites (tertiary alicyclic amines) is 1. The van der Waals surface area contributed by atoms with Crippen LogP contribution in [-0.2, 0) is 9.59 Å². The number of hydrogen-bond donors (Lipinski definition) is 2. The van der Waals surface area contributed by atoms with E-state index in [1.807, 2.05) is 26.0 Å². The molecule has 30 heavy (non-hydrogen) atoms. The molecule has 2 N–H and O–H groups in total. The third-order valence-electron chi connectivity index (χ3n) is 7.09. The van der Waals surface area contributed by atoms with Gasteiger partial charge in [0.05, 0.1) is 23.4 Å². The van der Waals surface area contributed by atoms with Crippen molar-refractivity contribution in [1.82, 2.24) is 9.88 Å². The Morgan fingerprint density at radius 1 is 1.20 bits per heavy atom. The van der Waals surface area contributed by atoms with Crippen molar-refractivity contribution in [3.05, 3.63) is 18.3 Å². The molecule has 7 heteroatoms. The fraction of sp³-hybridized carbons (Fsp3) is 0.696. The second kappa shape index (κ2) is 8.53. The van der Waals surface area contributed by atoms with Gasteiger partial charge >= 0.3 is 0 Å². The highest BCUT2D eigenvalue weighted by atomic mass is 16.3. The molecule has 164 valence electrons. The Kier molecular flexibility index (Phi) is 6.00. The number of pyridine rings is 1. The summed E-state index contributed by atoms with van der Waals surface area (Å²) in [4.78, 5) is 34.2. The summed E-state index contributed by atoms with van der Waals surface area (Å²) in [5.74, 6) is 1.07. The molecule has 2 amide bonds. The van der Waals surface area contributed by atoms with Crippen molar-refractivity contribution in [1.29, 1.82) is 0 Å². The van der Waals surface area contributed by atoms with E-state index < -0.39 is 0 Å². The van der Waals surface area contributed by atoms with Gasteiger partial charge in [0, 0.05) is 31.6 Å². The topological polar surface area (TPSA) is 85.8 Å². The second-order valence-corrected chi connectivity index (χ2v) is 9.57. The number of carbonyl (C=O) groups excluding carboxylic acids is 2. The Balaban J connectivity index is 1.42. The SMILES string of the molecule is CC(C)C(=O)Nc1ccc(N2CCC[C@@]3(CCN([C@H]4CC[C@H](O)CC4)C3=O)C2)nc1. The predicted octanol–water partition coefficient (Wildman–Crippen LogP) is 2.80. The number of amides is 2. The lowest BCUT2D eigenvalue weighted by atomic mass is 9.78. The number of aromatic nitrogens is 1. The molecular formula is C23H34N4O3. The van der Waals surface area contributed by atoms with E-state index in [4.69, 9.17) is 0 Å². The van der Waals surface area contributed by atoms with Gasteiger partial charge in [-0.25, -0.2) is 4.98 Å². The third-order valence-corrected chi connectivity index (χ3v) is 7.09. The molecule has 1 aliphatic carbocycles. The Bertz CT molecular complexity index is 773. The predicted molar refractivity (Wildman–Crippen MR) is 116 cm³/mol. The number of aliphatic hydroxyl groups is 1. The van der Waals surface area contributed by atoms with Gasteiger partial charge in [-0.05, 0) is 57.1 Å². The number of aliphatic hydroxyl groups excluding tert-OH is 1. The van der Waals surface area contributed by atoms with Gasteiger partial charge in [-0.15, -0.1) is 0 Å². The highest BCUT2D eigenvalue weighted by Crippen LogP contribution is 2.43. The molecule has 0 radical (unpaired) electrons. The van der Waals surface area contributed by atoms with Gasteiger partial charge in [0.2, 0.25) is 11.8 Å². The lowest BCUT2D eigenvalue weighted by Crippen LogP contribution is -2.50. The largest absolute Gasteiger partial charge is 0.393 e. The van der Waals surface area contributed by atoms with Crippen LogP contribution in [0.15, 0.2) is 18.3 Å². The fourth-order valence-corrected chi connectivity index (χ4v) is 5.21. The van der Waals surface area contributed by atoms with Crippen LogP contribution in [0.2, 0.25) is 0 Å². The summed E-state index contributed by atoms with van der Waals surface area (Å²) in [6, 6.07) is 4.12. The first kappa shape index (κ1) is 21.1. The van der Waals surface area contributed by atoms with Crippen molar-refractivity contribution in [2.45, 2.75) is 70.9 Å². The summed E-state index contributed by atoms with van der Waals surface area (Å²) < 4.78 is 0. The molecule has 3 aliphatic rings. The lowest BCUT2D eigenvalue weighted by Gasteiger charge is -2.41. The number of piperidine rings is 1. The monoisotopic (exact) mass is 414 g/mol. The molecule has 1 saturated carbocycles. The first-order valence-electron chi connectivity index (χ1n) is 11.4. The van der Waals surface area contributed by atoms with Crippen LogP contribution in [0, 0.1) is 11.3 Å². The van der Waals surface area contributed by atoms with Gasteiger partial charge in [-0.1, -0.05) is 13.8 Å². The molecule has 0 unspecified atom stereocenters. The molecule has 1 aromatic rings. The normalized spacial score (nSPS) is 29.7. The van der Waals surface area contributed by atoms with Crippen LogP contribution in [0.5, 0.6) is 0 Å².